The lowest BCUT2D eigenvalue weighted by Gasteiger charge is -2.24. The molecule has 0 spiro atoms. The van der Waals surface area contributed by atoms with Crippen LogP contribution in [0.15, 0.2) is 78.4 Å². The van der Waals surface area contributed by atoms with Crippen molar-refractivity contribution in [1.29, 1.82) is 0 Å². The van der Waals surface area contributed by atoms with E-state index in [9.17, 15) is 27.9 Å². The van der Waals surface area contributed by atoms with Gasteiger partial charge < -0.3 is 14.7 Å². The highest BCUT2D eigenvalue weighted by molar-refractivity contribution is 6.10. The Balaban J connectivity index is 1.76. The first kappa shape index (κ1) is 26.8. The molecule has 0 saturated carbocycles. The number of fused-ring (bicyclic) bond motifs is 1. The van der Waals surface area contributed by atoms with E-state index in [1.165, 1.54) is 30.3 Å². The summed E-state index contributed by atoms with van der Waals surface area (Å²) in [4.78, 5) is 25.9. The highest BCUT2D eigenvalue weighted by Gasteiger charge is 2.44. The monoisotopic (exact) mass is 531 g/mol. The van der Waals surface area contributed by atoms with Crippen LogP contribution in [0.1, 0.15) is 40.4 Å². The molecular formula is C28H22F5NO4. The van der Waals surface area contributed by atoms with Crippen LogP contribution in [0.3, 0.4) is 0 Å². The van der Waals surface area contributed by atoms with E-state index in [0.717, 1.165) is 23.5 Å². The molecule has 0 atom stereocenters. The van der Waals surface area contributed by atoms with Gasteiger partial charge in [-0.05, 0) is 36.8 Å². The van der Waals surface area contributed by atoms with E-state index in [-0.39, 0.29) is 23.6 Å². The Kier molecular flexibility index (Phi) is 7.26. The molecule has 0 unspecified atom stereocenters. The summed E-state index contributed by atoms with van der Waals surface area (Å²) in [5.74, 6) is -6.48. The lowest BCUT2D eigenvalue weighted by molar-refractivity contribution is -0.138. The number of rotatable bonds is 5. The van der Waals surface area contributed by atoms with Gasteiger partial charge in [-0.15, -0.1) is 0 Å². The fraction of sp³-hybridized carbons (Fsp3) is 0.214. The summed E-state index contributed by atoms with van der Waals surface area (Å²) in [6, 6.07) is 17.0. The number of nitrogens with zero attached hydrogens (tertiary/aromatic N) is 1. The van der Waals surface area contributed by atoms with Gasteiger partial charge in [-0.25, -0.2) is 13.6 Å². The van der Waals surface area contributed by atoms with Gasteiger partial charge >= 0.3 is 12.1 Å². The predicted octanol–water partition coefficient (Wildman–Crippen LogP) is 6.83. The molecule has 1 heterocycles. The molecule has 38 heavy (non-hydrogen) atoms. The number of allylic oxidation sites excluding steroid dienone is 1. The summed E-state index contributed by atoms with van der Waals surface area (Å²) in [6.07, 6.45) is -5.93. The van der Waals surface area contributed by atoms with Gasteiger partial charge in [0.15, 0.2) is 0 Å². The number of alkyl halides is 5. The highest BCUT2D eigenvalue weighted by Crippen LogP contribution is 2.45. The summed E-state index contributed by atoms with van der Waals surface area (Å²) in [5, 5.41) is 9.40. The first-order valence-electron chi connectivity index (χ1n) is 11.5. The van der Waals surface area contributed by atoms with Crippen molar-refractivity contribution in [2.45, 2.75) is 32.1 Å². The maximum absolute atomic E-state index is 15.1. The van der Waals surface area contributed by atoms with Crippen LogP contribution in [0.25, 0.3) is 5.57 Å². The average molecular weight is 531 g/mol. The molecule has 3 aromatic rings. The molecule has 5 nitrogen and oxygen atoms in total. The molecule has 4 rings (SSSR count). The zero-order valence-corrected chi connectivity index (χ0v) is 20.1. The van der Waals surface area contributed by atoms with Crippen LogP contribution in [0.2, 0.25) is 0 Å². The lowest BCUT2D eigenvalue weighted by atomic mass is 9.93. The molecule has 1 aliphatic rings. The van der Waals surface area contributed by atoms with Gasteiger partial charge in [-0.2, -0.15) is 13.2 Å². The molecule has 0 radical (unpaired) electrons. The smallest absolute Gasteiger partial charge is 0.417 e. The second kappa shape index (κ2) is 10.3. The van der Waals surface area contributed by atoms with E-state index >= 15 is 8.78 Å². The van der Waals surface area contributed by atoms with E-state index in [1.807, 2.05) is 0 Å². The number of anilines is 1. The fourth-order valence-corrected chi connectivity index (χ4v) is 4.33. The van der Waals surface area contributed by atoms with Crippen molar-refractivity contribution >= 4 is 23.1 Å². The number of amides is 1. The van der Waals surface area contributed by atoms with Crippen molar-refractivity contribution in [2.24, 2.45) is 0 Å². The van der Waals surface area contributed by atoms with Gasteiger partial charge in [-0.3, -0.25) is 4.79 Å². The third-order valence-electron chi connectivity index (χ3n) is 6.20. The molecular weight excluding hydrogens is 509 g/mol. The van der Waals surface area contributed by atoms with Crippen LogP contribution < -0.4 is 9.64 Å². The van der Waals surface area contributed by atoms with Crippen molar-refractivity contribution in [1.82, 2.24) is 0 Å². The zero-order valence-electron chi connectivity index (χ0n) is 20.1. The van der Waals surface area contributed by atoms with Crippen LogP contribution in [-0.2, 0) is 17.6 Å². The number of carboxylic acids is 1. The number of benzene rings is 3. The number of aliphatic carboxylic acids is 1. The number of carboxylic acid groups (broad SMARTS) is 1. The standard InChI is InChI=1S/C28H22F5NO4/c1-17(26(36)37)24-21-9-5-6-10-23(21)34(14-13-27(24,29)30)25(35)20-12-11-19(15-22(20)28(31,32)33)38-16-18-7-3-2-4-8-18/h2-12,15H,13-14,16H2,1H3,(H,36,37)/b24-17-. The molecule has 3 aromatic carbocycles. The van der Waals surface area contributed by atoms with Crippen LogP contribution in [-0.4, -0.2) is 29.5 Å². The number of ether oxygens (including phenoxy) is 1. The van der Waals surface area contributed by atoms with Crippen molar-refractivity contribution in [3.05, 3.63) is 101 Å². The van der Waals surface area contributed by atoms with Gasteiger partial charge in [0.25, 0.3) is 11.8 Å². The third-order valence-corrected chi connectivity index (χ3v) is 6.20. The maximum atomic E-state index is 15.1. The minimum atomic E-state index is -4.95. The predicted molar refractivity (Wildman–Crippen MR) is 130 cm³/mol. The maximum Gasteiger partial charge on any atom is 0.417 e. The van der Waals surface area contributed by atoms with Crippen LogP contribution in [0, 0.1) is 0 Å². The molecule has 198 valence electrons. The SMILES string of the molecule is C/C(C(=O)O)=C1\c2ccccc2N(C(=O)c2ccc(OCc3ccccc3)cc2C(F)(F)F)CCC1(F)F. The second-order valence-corrected chi connectivity index (χ2v) is 8.71. The topological polar surface area (TPSA) is 66.8 Å². The normalized spacial score (nSPS) is 16.3. The van der Waals surface area contributed by atoms with Crippen LogP contribution in [0.5, 0.6) is 5.75 Å². The van der Waals surface area contributed by atoms with E-state index in [0.29, 0.717) is 6.07 Å². The number of para-hydroxylation sites is 1. The zero-order chi connectivity index (χ0) is 27.7. The molecule has 0 aliphatic carbocycles. The molecule has 0 bridgehead atoms. The fourth-order valence-electron chi connectivity index (χ4n) is 4.33. The molecule has 1 N–H and O–H groups in total. The Bertz CT molecular complexity index is 1400. The molecule has 0 fully saturated rings. The quantitative estimate of drug-likeness (QED) is 0.290. The first-order valence-corrected chi connectivity index (χ1v) is 11.5. The number of hydrogen-bond donors (Lipinski definition) is 1. The summed E-state index contributed by atoms with van der Waals surface area (Å²) >= 11 is 0. The van der Waals surface area contributed by atoms with E-state index in [4.69, 9.17) is 4.74 Å². The number of carbonyl (C=O) groups excluding carboxylic acids is 1. The van der Waals surface area contributed by atoms with E-state index in [1.54, 1.807) is 30.3 Å². The number of carbonyl (C=O) groups is 2. The highest BCUT2D eigenvalue weighted by atomic mass is 19.4. The summed E-state index contributed by atoms with van der Waals surface area (Å²) in [6.45, 7) is 0.386. The number of hydrogen-bond acceptors (Lipinski definition) is 3. The Morgan fingerprint density at radius 2 is 1.66 bits per heavy atom. The van der Waals surface area contributed by atoms with Crippen molar-refractivity contribution in [3.8, 4) is 5.75 Å². The van der Waals surface area contributed by atoms with Gasteiger partial charge in [0, 0.05) is 29.7 Å². The largest absolute Gasteiger partial charge is 0.489 e. The van der Waals surface area contributed by atoms with E-state index < -0.39 is 59.2 Å². The van der Waals surface area contributed by atoms with E-state index in [2.05, 4.69) is 0 Å². The molecule has 10 heteroatoms. The van der Waals surface area contributed by atoms with Crippen molar-refractivity contribution < 1.29 is 41.4 Å². The lowest BCUT2D eigenvalue weighted by Crippen LogP contribution is -2.34. The Hall–Kier alpha value is -4.21. The van der Waals surface area contributed by atoms with Gasteiger partial charge in [0.2, 0.25) is 0 Å². The Morgan fingerprint density at radius 1 is 1.00 bits per heavy atom. The molecule has 1 amide bonds. The third kappa shape index (κ3) is 5.39. The van der Waals surface area contributed by atoms with Crippen molar-refractivity contribution in [2.75, 3.05) is 11.4 Å². The minimum Gasteiger partial charge on any atom is -0.489 e. The summed E-state index contributed by atoms with van der Waals surface area (Å²) in [5.41, 5.74) is -3.04. The van der Waals surface area contributed by atoms with Crippen molar-refractivity contribution in [3.63, 3.8) is 0 Å². The second-order valence-electron chi connectivity index (χ2n) is 8.71. The molecule has 1 aliphatic heterocycles. The minimum absolute atomic E-state index is 0.00193. The van der Waals surface area contributed by atoms with Crippen LogP contribution in [0.4, 0.5) is 27.6 Å². The van der Waals surface area contributed by atoms with Gasteiger partial charge in [-0.1, -0.05) is 48.5 Å². The molecule has 0 saturated heterocycles. The number of halogens is 5. The Labute approximate surface area is 214 Å². The average Bonchev–Trinajstić information content (AvgIpc) is 2.99. The summed E-state index contributed by atoms with van der Waals surface area (Å²) in [7, 11) is 0. The molecule has 0 aromatic heterocycles. The van der Waals surface area contributed by atoms with Gasteiger partial charge in [0.05, 0.1) is 16.8 Å². The first-order chi connectivity index (χ1) is 17.9. The van der Waals surface area contributed by atoms with Crippen LogP contribution >= 0.6 is 0 Å². The Morgan fingerprint density at radius 3 is 2.32 bits per heavy atom. The summed E-state index contributed by atoms with van der Waals surface area (Å²) < 4.78 is 78.0. The van der Waals surface area contributed by atoms with Gasteiger partial charge in [0.1, 0.15) is 12.4 Å².